The number of fused-ring (bicyclic) bond motifs is 1. The van der Waals surface area contributed by atoms with Crippen molar-refractivity contribution in [3.05, 3.63) is 80.1 Å². The Labute approximate surface area is 143 Å². The number of rotatable bonds is 3. The number of alkyl halides is 3. The molecule has 0 amide bonds. The van der Waals surface area contributed by atoms with Gasteiger partial charge in [-0.05, 0) is 29.8 Å². The molecule has 1 heterocycles. The van der Waals surface area contributed by atoms with Crippen molar-refractivity contribution < 1.29 is 23.2 Å². The minimum Gasteiger partial charge on any atom is -0.501 e. The Kier molecular flexibility index (Phi) is 4.15. The third kappa shape index (κ3) is 2.99. The van der Waals surface area contributed by atoms with Gasteiger partial charge in [0.2, 0.25) is 5.75 Å². The minimum absolute atomic E-state index is 0.103. The van der Waals surface area contributed by atoms with E-state index in [0.29, 0.717) is 5.56 Å². The molecule has 0 fully saturated rings. The highest BCUT2D eigenvalue weighted by atomic mass is 19.4. The first-order valence-electron chi connectivity index (χ1n) is 7.35. The Balaban J connectivity index is 2.16. The van der Waals surface area contributed by atoms with Gasteiger partial charge in [-0.1, -0.05) is 24.3 Å². The van der Waals surface area contributed by atoms with Gasteiger partial charge in [0.15, 0.2) is 0 Å². The van der Waals surface area contributed by atoms with Crippen molar-refractivity contribution in [2.24, 2.45) is 0 Å². The Bertz CT molecular complexity index is 1060. The van der Waals surface area contributed by atoms with Crippen LogP contribution in [-0.4, -0.2) is 14.6 Å². The maximum Gasteiger partial charge on any atom is 0.416 e. The molecule has 1 N–H and O–H groups in total. The van der Waals surface area contributed by atoms with Crippen LogP contribution in [0, 0.1) is 10.1 Å². The van der Waals surface area contributed by atoms with E-state index < -0.39 is 33.7 Å². The number of hydrogen-bond donors (Lipinski definition) is 1. The van der Waals surface area contributed by atoms with Crippen molar-refractivity contribution in [2.75, 3.05) is 0 Å². The molecule has 0 unspecified atom stereocenters. The smallest absolute Gasteiger partial charge is 0.416 e. The minimum atomic E-state index is -4.49. The van der Waals surface area contributed by atoms with Gasteiger partial charge in [0.05, 0.1) is 22.5 Å². The van der Waals surface area contributed by atoms with Crippen molar-refractivity contribution in [1.29, 1.82) is 0 Å². The van der Waals surface area contributed by atoms with E-state index in [0.717, 1.165) is 16.7 Å². The zero-order chi connectivity index (χ0) is 19.1. The number of pyridine rings is 1. The number of para-hydroxylation sites is 1. The van der Waals surface area contributed by atoms with Gasteiger partial charge in [0, 0.05) is 5.39 Å². The van der Waals surface area contributed by atoms with Crippen LogP contribution in [0.4, 0.5) is 18.9 Å². The lowest BCUT2D eigenvalue weighted by Crippen LogP contribution is -2.24. The predicted molar refractivity (Wildman–Crippen MR) is 87.1 cm³/mol. The molecule has 0 saturated heterocycles. The summed E-state index contributed by atoms with van der Waals surface area (Å²) in [5.41, 5.74) is -2.26. The lowest BCUT2D eigenvalue weighted by molar-refractivity contribution is -0.387. The summed E-state index contributed by atoms with van der Waals surface area (Å²) in [7, 11) is 0. The van der Waals surface area contributed by atoms with E-state index in [9.17, 15) is 33.2 Å². The summed E-state index contributed by atoms with van der Waals surface area (Å²) in [5.74, 6) is -0.737. The largest absolute Gasteiger partial charge is 0.501 e. The lowest BCUT2D eigenvalue weighted by atomic mass is 10.1. The molecule has 3 rings (SSSR count). The molecule has 0 aliphatic heterocycles. The van der Waals surface area contributed by atoms with Crippen molar-refractivity contribution >= 4 is 16.6 Å². The van der Waals surface area contributed by atoms with Crippen LogP contribution in [0.2, 0.25) is 0 Å². The summed E-state index contributed by atoms with van der Waals surface area (Å²) in [6, 6.07) is 10.2. The Morgan fingerprint density at radius 3 is 2.27 bits per heavy atom. The first-order valence-corrected chi connectivity index (χ1v) is 7.35. The monoisotopic (exact) mass is 364 g/mol. The zero-order valence-electron chi connectivity index (χ0n) is 13.0. The fraction of sp³-hybridized carbons (Fsp3) is 0.118. The van der Waals surface area contributed by atoms with Gasteiger partial charge in [-0.15, -0.1) is 0 Å². The van der Waals surface area contributed by atoms with Gasteiger partial charge in [-0.3, -0.25) is 19.5 Å². The Morgan fingerprint density at radius 1 is 1.08 bits per heavy atom. The second-order valence-corrected chi connectivity index (χ2v) is 5.56. The highest BCUT2D eigenvalue weighted by Gasteiger charge is 2.30. The Morgan fingerprint density at radius 2 is 1.69 bits per heavy atom. The van der Waals surface area contributed by atoms with Crippen LogP contribution in [0.25, 0.3) is 10.9 Å². The number of aromatic hydroxyl groups is 1. The van der Waals surface area contributed by atoms with E-state index in [2.05, 4.69) is 0 Å². The van der Waals surface area contributed by atoms with Crippen molar-refractivity contribution in [3.63, 3.8) is 0 Å². The molecular formula is C17H11F3N2O4. The van der Waals surface area contributed by atoms with Crippen LogP contribution in [0.3, 0.4) is 0 Å². The molecule has 0 bridgehead atoms. The lowest BCUT2D eigenvalue weighted by Gasteiger charge is -2.12. The molecule has 0 atom stereocenters. The summed E-state index contributed by atoms with van der Waals surface area (Å²) in [4.78, 5) is 22.6. The SMILES string of the molecule is O=c1c([N+](=O)[O-])c(O)c2ccccc2n1Cc1ccc(C(F)(F)F)cc1. The summed E-state index contributed by atoms with van der Waals surface area (Å²) in [6.45, 7) is -0.182. The molecule has 2 aromatic carbocycles. The number of hydrogen-bond acceptors (Lipinski definition) is 4. The molecular weight excluding hydrogens is 353 g/mol. The first-order chi connectivity index (χ1) is 12.2. The summed E-state index contributed by atoms with van der Waals surface area (Å²) in [6.07, 6.45) is -4.49. The molecule has 0 spiro atoms. The molecule has 134 valence electrons. The van der Waals surface area contributed by atoms with E-state index in [1.54, 1.807) is 12.1 Å². The number of nitro groups is 1. The molecule has 0 saturated carbocycles. The molecule has 0 aliphatic rings. The first kappa shape index (κ1) is 17.5. The molecule has 9 heteroatoms. The topological polar surface area (TPSA) is 85.4 Å². The van der Waals surface area contributed by atoms with Crippen molar-refractivity contribution in [1.82, 2.24) is 4.57 Å². The summed E-state index contributed by atoms with van der Waals surface area (Å²) < 4.78 is 39.0. The second-order valence-electron chi connectivity index (χ2n) is 5.56. The van der Waals surface area contributed by atoms with Gasteiger partial charge in [0.1, 0.15) is 0 Å². The fourth-order valence-electron chi connectivity index (χ4n) is 2.68. The average molecular weight is 364 g/mol. The van der Waals surface area contributed by atoms with Gasteiger partial charge in [0.25, 0.3) is 0 Å². The molecule has 1 aromatic heterocycles. The normalized spacial score (nSPS) is 11.7. The van der Waals surface area contributed by atoms with E-state index in [1.807, 2.05) is 0 Å². The van der Waals surface area contributed by atoms with Crippen LogP contribution in [0.15, 0.2) is 53.3 Å². The van der Waals surface area contributed by atoms with Gasteiger partial charge in [-0.2, -0.15) is 13.2 Å². The van der Waals surface area contributed by atoms with Crippen LogP contribution >= 0.6 is 0 Å². The molecule has 6 nitrogen and oxygen atoms in total. The quantitative estimate of drug-likeness (QED) is 0.567. The highest BCUT2D eigenvalue weighted by molar-refractivity contribution is 5.88. The number of halogens is 3. The maximum atomic E-state index is 12.6. The van der Waals surface area contributed by atoms with Crippen LogP contribution < -0.4 is 5.56 Å². The van der Waals surface area contributed by atoms with E-state index in [1.165, 1.54) is 24.3 Å². The molecule has 3 aromatic rings. The second kappa shape index (κ2) is 6.17. The van der Waals surface area contributed by atoms with Gasteiger partial charge >= 0.3 is 17.4 Å². The molecule has 0 aliphatic carbocycles. The average Bonchev–Trinajstić information content (AvgIpc) is 2.58. The summed E-state index contributed by atoms with van der Waals surface area (Å²) in [5, 5.41) is 21.3. The highest BCUT2D eigenvalue weighted by Crippen LogP contribution is 2.32. The number of benzene rings is 2. The van der Waals surface area contributed by atoms with Crippen LogP contribution in [-0.2, 0) is 12.7 Å². The van der Waals surface area contributed by atoms with E-state index >= 15 is 0 Å². The number of nitrogens with zero attached hydrogens (tertiary/aromatic N) is 2. The number of aromatic nitrogens is 1. The van der Waals surface area contributed by atoms with Crippen LogP contribution in [0.5, 0.6) is 5.75 Å². The van der Waals surface area contributed by atoms with Crippen molar-refractivity contribution in [3.8, 4) is 5.75 Å². The third-order valence-corrected chi connectivity index (χ3v) is 3.93. The van der Waals surface area contributed by atoms with Gasteiger partial charge in [-0.25, -0.2) is 0 Å². The van der Waals surface area contributed by atoms with Gasteiger partial charge < -0.3 is 5.11 Å². The standard InChI is InChI=1S/C17H11F3N2O4/c18-17(19,20)11-7-5-10(6-8-11)9-21-13-4-2-1-3-12(13)15(23)14(16(21)24)22(25)26/h1-8,23H,9H2. The van der Waals surface area contributed by atoms with E-state index in [-0.39, 0.29) is 17.4 Å². The molecule has 26 heavy (non-hydrogen) atoms. The maximum absolute atomic E-state index is 12.6. The fourth-order valence-corrected chi connectivity index (χ4v) is 2.68. The third-order valence-electron chi connectivity index (χ3n) is 3.93. The Hall–Kier alpha value is -3.36. The predicted octanol–water partition coefficient (Wildman–Crippen LogP) is 3.68. The van der Waals surface area contributed by atoms with Crippen molar-refractivity contribution in [2.45, 2.75) is 12.7 Å². The zero-order valence-corrected chi connectivity index (χ0v) is 13.0. The van der Waals surface area contributed by atoms with E-state index in [4.69, 9.17) is 0 Å². The summed E-state index contributed by atoms with van der Waals surface area (Å²) >= 11 is 0. The van der Waals surface area contributed by atoms with Crippen LogP contribution in [0.1, 0.15) is 11.1 Å². The molecule has 0 radical (unpaired) electrons.